The van der Waals surface area contributed by atoms with Crippen LogP contribution in [0.2, 0.25) is 0 Å². The standard InChI is InChI=1S/C25H31N9O3S/c1-5-10-32(25(36)27-4)33-15-21(35)34-18(11-16(3)12-28-6-2)23(30-37)31(14-20(33)34)13-17-8-7-9-19-22(17)29-24(26)38-19/h1,6-9,12,18,20,37H,10-11,13-15H2,2-4H3,(H2,26,29)(H,27,36)/b16-12+,28-6-,30-23+/t18-,20+/m0/s1. The molecule has 2 fully saturated rings. The summed E-state index contributed by atoms with van der Waals surface area (Å²) in [6, 6.07) is 4.82. The number of urea groups is 1. The Balaban J connectivity index is 1.76. The van der Waals surface area contributed by atoms with Crippen molar-refractivity contribution in [3.63, 3.8) is 0 Å². The van der Waals surface area contributed by atoms with Gasteiger partial charge in [0.1, 0.15) is 6.17 Å². The first-order valence-electron chi connectivity index (χ1n) is 12.1. The Kier molecular flexibility index (Phi) is 8.13. The molecule has 1 aromatic heterocycles. The Morgan fingerprint density at radius 1 is 1.47 bits per heavy atom. The summed E-state index contributed by atoms with van der Waals surface area (Å²) in [5.74, 6) is 2.64. The molecule has 0 unspecified atom stereocenters. The lowest BCUT2D eigenvalue weighted by molar-refractivity contribution is -0.130. The molecule has 2 saturated heterocycles. The molecular weight excluding hydrogens is 506 g/mol. The van der Waals surface area contributed by atoms with E-state index in [2.05, 4.69) is 26.4 Å². The molecule has 3 heterocycles. The van der Waals surface area contributed by atoms with Crippen LogP contribution in [0.15, 0.2) is 40.1 Å². The van der Waals surface area contributed by atoms with Crippen LogP contribution in [0.4, 0.5) is 9.93 Å². The van der Waals surface area contributed by atoms with Crippen molar-refractivity contribution in [3.8, 4) is 12.3 Å². The van der Waals surface area contributed by atoms with Gasteiger partial charge in [-0.1, -0.05) is 40.1 Å². The van der Waals surface area contributed by atoms with Crippen LogP contribution in [0.25, 0.3) is 10.2 Å². The number of para-hydroxylation sites is 1. The quantitative estimate of drug-likeness (QED) is 0.212. The summed E-state index contributed by atoms with van der Waals surface area (Å²) >= 11 is 1.40. The number of terminal acetylenes is 1. The number of rotatable bonds is 7. The van der Waals surface area contributed by atoms with Gasteiger partial charge in [-0.25, -0.2) is 14.8 Å². The first-order chi connectivity index (χ1) is 18.3. The molecule has 0 radical (unpaired) electrons. The number of carbonyl (C=O) groups is 2. The molecule has 1 aromatic carbocycles. The molecule has 2 aliphatic rings. The summed E-state index contributed by atoms with van der Waals surface area (Å²) in [6.07, 6.45) is 8.80. The molecule has 200 valence electrons. The molecule has 0 bridgehead atoms. The van der Waals surface area contributed by atoms with Gasteiger partial charge >= 0.3 is 6.03 Å². The van der Waals surface area contributed by atoms with Crippen LogP contribution < -0.4 is 11.1 Å². The number of hydrazine groups is 1. The molecule has 4 rings (SSSR count). The van der Waals surface area contributed by atoms with E-state index in [0.29, 0.717) is 23.9 Å². The summed E-state index contributed by atoms with van der Waals surface area (Å²) in [7, 11) is 1.51. The number of oxime groups is 1. The van der Waals surface area contributed by atoms with Gasteiger partial charge in [-0.15, -0.1) is 6.42 Å². The first kappa shape index (κ1) is 26.9. The van der Waals surface area contributed by atoms with E-state index in [-0.39, 0.29) is 25.5 Å². The number of amidine groups is 1. The summed E-state index contributed by atoms with van der Waals surface area (Å²) in [4.78, 5) is 38.4. The minimum Gasteiger partial charge on any atom is -0.409 e. The normalized spacial score (nSPS) is 21.4. The Morgan fingerprint density at radius 2 is 2.26 bits per heavy atom. The number of nitrogens with two attached hydrogens (primary N) is 1. The number of amides is 3. The predicted molar refractivity (Wildman–Crippen MR) is 147 cm³/mol. The van der Waals surface area contributed by atoms with Gasteiger partial charge in [-0.05, 0) is 31.9 Å². The summed E-state index contributed by atoms with van der Waals surface area (Å²) in [6.45, 7) is 4.29. The highest BCUT2D eigenvalue weighted by atomic mass is 32.1. The number of nitrogens with one attached hydrogen (secondary N) is 1. The van der Waals surface area contributed by atoms with Crippen LogP contribution in [-0.4, -0.2) is 92.9 Å². The maximum absolute atomic E-state index is 13.4. The zero-order valence-electron chi connectivity index (χ0n) is 21.5. The molecule has 0 spiro atoms. The van der Waals surface area contributed by atoms with E-state index >= 15 is 0 Å². The van der Waals surface area contributed by atoms with Crippen molar-refractivity contribution in [3.05, 3.63) is 35.5 Å². The third-order valence-corrected chi connectivity index (χ3v) is 7.38. The monoisotopic (exact) mass is 537 g/mol. The number of piperazine rings is 1. The van der Waals surface area contributed by atoms with Crippen LogP contribution >= 0.6 is 11.3 Å². The lowest BCUT2D eigenvalue weighted by Crippen LogP contribution is -2.65. The van der Waals surface area contributed by atoms with Gasteiger partial charge in [0.2, 0.25) is 5.91 Å². The Bertz CT molecular complexity index is 1350. The Morgan fingerprint density at radius 3 is 2.95 bits per heavy atom. The number of aromatic nitrogens is 1. The average Bonchev–Trinajstić information content (AvgIpc) is 3.44. The van der Waals surface area contributed by atoms with Crippen molar-refractivity contribution >= 4 is 50.7 Å². The molecule has 3 amide bonds. The fraction of sp³-hybridized carbons (Fsp3) is 0.400. The smallest absolute Gasteiger partial charge is 0.332 e. The highest BCUT2D eigenvalue weighted by molar-refractivity contribution is 7.22. The van der Waals surface area contributed by atoms with Crippen molar-refractivity contribution in [2.24, 2.45) is 10.1 Å². The lowest BCUT2D eigenvalue weighted by Gasteiger charge is -2.47. The number of carbonyl (C=O) groups excluding carboxylic acids is 2. The van der Waals surface area contributed by atoms with Crippen LogP contribution in [0, 0.1) is 12.3 Å². The van der Waals surface area contributed by atoms with E-state index in [1.165, 1.54) is 23.4 Å². The maximum atomic E-state index is 13.4. The van der Waals surface area contributed by atoms with E-state index in [1.54, 1.807) is 22.3 Å². The summed E-state index contributed by atoms with van der Waals surface area (Å²) in [5, 5.41) is 20.0. The van der Waals surface area contributed by atoms with Gasteiger partial charge in [-0.2, -0.15) is 5.01 Å². The molecule has 13 heteroatoms. The van der Waals surface area contributed by atoms with Crippen LogP contribution in [-0.2, 0) is 11.3 Å². The zero-order valence-corrected chi connectivity index (χ0v) is 22.4. The minimum atomic E-state index is -0.600. The van der Waals surface area contributed by atoms with E-state index in [9.17, 15) is 14.8 Å². The number of hydrogen-bond donors (Lipinski definition) is 3. The van der Waals surface area contributed by atoms with Crippen molar-refractivity contribution in [1.29, 1.82) is 0 Å². The summed E-state index contributed by atoms with van der Waals surface area (Å²) in [5.41, 5.74) is 8.54. The molecule has 0 aliphatic carbocycles. The largest absolute Gasteiger partial charge is 0.409 e. The number of anilines is 1. The van der Waals surface area contributed by atoms with E-state index in [4.69, 9.17) is 12.2 Å². The van der Waals surface area contributed by atoms with Crippen LogP contribution in [0.3, 0.4) is 0 Å². The second kappa shape index (κ2) is 11.5. The first-order valence-corrected chi connectivity index (χ1v) is 12.9. The number of nitrogen functional groups attached to an aromatic ring is 1. The number of fused-ring (bicyclic) bond motifs is 2. The molecule has 12 nitrogen and oxygen atoms in total. The molecule has 2 aliphatic heterocycles. The summed E-state index contributed by atoms with van der Waals surface area (Å²) < 4.78 is 0.950. The van der Waals surface area contributed by atoms with Crippen molar-refractivity contribution in [2.75, 3.05) is 32.4 Å². The van der Waals surface area contributed by atoms with Crippen molar-refractivity contribution in [1.82, 2.24) is 30.1 Å². The highest BCUT2D eigenvalue weighted by Crippen LogP contribution is 2.33. The van der Waals surface area contributed by atoms with Gasteiger partial charge in [0, 0.05) is 26.0 Å². The molecular formula is C25H31N9O3S. The number of thiazole rings is 1. The van der Waals surface area contributed by atoms with E-state index in [0.717, 1.165) is 21.4 Å². The second-order valence-electron chi connectivity index (χ2n) is 8.95. The van der Waals surface area contributed by atoms with E-state index < -0.39 is 18.2 Å². The van der Waals surface area contributed by atoms with Gasteiger partial charge in [-0.3, -0.25) is 9.79 Å². The lowest BCUT2D eigenvalue weighted by atomic mass is 10.0. The van der Waals surface area contributed by atoms with Gasteiger partial charge in [0.25, 0.3) is 0 Å². The number of nitrogens with zero attached hydrogens (tertiary/aromatic N) is 7. The topological polar surface area (TPSA) is 143 Å². The Hall–Kier alpha value is -4.15. The molecule has 0 saturated carbocycles. The third-order valence-electron chi connectivity index (χ3n) is 6.53. The molecule has 2 aromatic rings. The predicted octanol–water partition coefficient (Wildman–Crippen LogP) is 1.89. The fourth-order valence-corrected chi connectivity index (χ4v) is 5.73. The number of hydrogen-bond acceptors (Lipinski definition) is 9. The number of benzene rings is 1. The zero-order chi connectivity index (χ0) is 27.4. The average molecular weight is 538 g/mol. The maximum Gasteiger partial charge on any atom is 0.332 e. The van der Waals surface area contributed by atoms with Gasteiger partial charge < -0.3 is 26.1 Å². The number of aliphatic imine (C=N–C) groups is 1. The molecule has 2 atom stereocenters. The third kappa shape index (κ3) is 5.13. The molecule has 4 N–H and O–H groups in total. The van der Waals surface area contributed by atoms with Crippen LogP contribution in [0.1, 0.15) is 25.8 Å². The minimum absolute atomic E-state index is 0.00946. The fourth-order valence-electron chi connectivity index (χ4n) is 4.95. The Labute approximate surface area is 225 Å². The van der Waals surface area contributed by atoms with E-state index in [1.807, 2.05) is 36.9 Å². The van der Waals surface area contributed by atoms with Crippen molar-refractivity contribution < 1.29 is 14.8 Å². The second-order valence-corrected chi connectivity index (χ2v) is 10.0. The van der Waals surface area contributed by atoms with Gasteiger partial charge in [0.15, 0.2) is 11.0 Å². The van der Waals surface area contributed by atoms with Crippen molar-refractivity contribution in [2.45, 2.75) is 39.0 Å². The highest BCUT2D eigenvalue weighted by Gasteiger charge is 2.51. The SMILES string of the molecule is C#CCN(C(=O)NC)N1CC(=O)N2[C@@H](C/C(C)=C/N=C\C)/C(=N\O)N(Cc3cccc4sc(N)nc34)C[C@@H]21. The van der Waals surface area contributed by atoms with Gasteiger partial charge in [0.05, 0.1) is 35.9 Å². The van der Waals surface area contributed by atoms with Crippen LogP contribution in [0.5, 0.6) is 0 Å². The molecule has 38 heavy (non-hydrogen) atoms.